The predicted molar refractivity (Wildman–Crippen MR) is 87.8 cm³/mol. The van der Waals surface area contributed by atoms with Gasteiger partial charge in [0, 0.05) is 3.57 Å². The summed E-state index contributed by atoms with van der Waals surface area (Å²) in [5.74, 6) is -0.148. The van der Waals surface area contributed by atoms with E-state index in [-0.39, 0.29) is 5.82 Å². The third-order valence-corrected chi connectivity index (χ3v) is 4.15. The number of rotatable bonds is 5. The van der Waals surface area contributed by atoms with Crippen molar-refractivity contribution in [3.05, 3.63) is 57.4 Å². The summed E-state index contributed by atoms with van der Waals surface area (Å²) in [5.41, 5.74) is 3.38. The van der Waals surface area contributed by atoms with E-state index in [0.29, 0.717) is 3.57 Å². The fourth-order valence-corrected chi connectivity index (χ4v) is 2.45. The molecule has 100 valence electrons. The lowest BCUT2D eigenvalue weighted by Gasteiger charge is -2.05. The van der Waals surface area contributed by atoms with Crippen LogP contribution in [0.1, 0.15) is 31.7 Å². The lowest BCUT2D eigenvalue weighted by atomic mass is 10.0. The minimum atomic E-state index is -0.148. The molecule has 19 heavy (non-hydrogen) atoms. The molecule has 2 aromatic rings. The van der Waals surface area contributed by atoms with Gasteiger partial charge in [-0.15, -0.1) is 0 Å². The molecular formula is C17H18FI. The first kappa shape index (κ1) is 14.5. The molecule has 2 heteroatoms. The monoisotopic (exact) mass is 368 g/mol. The predicted octanol–water partition coefficient (Wildman–Crippen LogP) is 5.83. The second-order valence-corrected chi connectivity index (χ2v) is 5.95. The summed E-state index contributed by atoms with van der Waals surface area (Å²) in [6, 6.07) is 13.9. The molecule has 0 spiro atoms. The zero-order chi connectivity index (χ0) is 13.7. The molecule has 0 saturated carbocycles. The zero-order valence-corrected chi connectivity index (χ0v) is 13.3. The van der Waals surface area contributed by atoms with Gasteiger partial charge in [0.25, 0.3) is 0 Å². The largest absolute Gasteiger partial charge is 0.206 e. The van der Waals surface area contributed by atoms with Gasteiger partial charge in [0.2, 0.25) is 0 Å². The molecule has 0 fully saturated rings. The van der Waals surface area contributed by atoms with Crippen LogP contribution in [0.4, 0.5) is 4.39 Å². The van der Waals surface area contributed by atoms with Crippen molar-refractivity contribution in [2.45, 2.75) is 32.6 Å². The van der Waals surface area contributed by atoms with Gasteiger partial charge in [0.1, 0.15) is 5.82 Å². The van der Waals surface area contributed by atoms with E-state index in [1.807, 2.05) is 34.7 Å². The first-order valence-electron chi connectivity index (χ1n) is 6.75. The molecule has 0 atom stereocenters. The first-order chi connectivity index (χ1) is 9.20. The maximum atomic E-state index is 13.5. The van der Waals surface area contributed by atoms with Gasteiger partial charge in [0.05, 0.1) is 0 Å². The summed E-state index contributed by atoms with van der Waals surface area (Å²) >= 11 is 2.01. The van der Waals surface area contributed by atoms with Crippen molar-refractivity contribution in [3.8, 4) is 11.1 Å². The van der Waals surface area contributed by atoms with E-state index < -0.39 is 0 Å². The fraction of sp³-hybridized carbons (Fsp3) is 0.294. The summed E-state index contributed by atoms with van der Waals surface area (Å²) in [5, 5.41) is 0. The Kier molecular flexibility index (Phi) is 5.37. The van der Waals surface area contributed by atoms with Gasteiger partial charge in [-0.1, -0.05) is 50.1 Å². The molecule has 0 aliphatic rings. The summed E-state index contributed by atoms with van der Waals surface area (Å²) in [6.07, 6.45) is 4.91. The van der Waals surface area contributed by atoms with E-state index in [9.17, 15) is 4.39 Å². The Balaban J connectivity index is 2.11. The second kappa shape index (κ2) is 7.04. The average Bonchev–Trinajstić information content (AvgIpc) is 2.43. The zero-order valence-electron chi connectivity index (χ0n) is 11.1. The van der Waals surface area contributed by atoms with Gasteiger partial charge in [-0.3, -0.25) is 0 Å². The van der Waals surface area contributed by atoms with Crippen molar-refractivity contribution in [3.63, 3.8) is 0 Å². The maximum Gasteiger partial charge on any atom is 0.137 e. The Bertz CT molecular complexity index is 531. The van der Waals surface area contributed by atoms with Gasteiger partial charge in [0.15, 0.2) is 0 Å². The highest BCUT2D eigenvalue weighted by Gasteiger charge is 2.03. The smallest absolute Gasteiger partial charge is 0.137 e. The van der Waals surface area contributed by atoms with Crippen LogP contribution in [-0.4, -0.2) is 0 Å². The van der Waals surface area contributed by atoms with Crippen molar-refractivity contribution in [2.24, 2.45) is 0 Å². The third kappa shape index (κ3) is 4.03. The van der Waals surface area contributed by atoms with Crippen LogP contribution in [0.2, 0.25) is 0 Å². The molecule has 0 amide bonds. The van der Waals surface area contributed by atoms with Gasteiger partial charge in [-0.05, 0) is 64.3 Å². The molecule has 0 aromatic heterocycles. The minimum Gasteiger partial charge on any atom is -0.206 e. The van der Waals surface area contributed by atoms with Crippen molar-refractivity contribution in [1.82, 2.24) is 0 Å². The second-order valence-electron chi connectivity index (χ2n) is 4.78. The van der Waals surface area contributed by atoms with E-state index in [0.717, 1.165) is 17.5 Å². The number of hydrogen-bond acceptors (Lipinski definition) is 0. The Morgan fingerprint density at radius 3 is 2.26 bits per heavy atom. The van der Waals surface area contributed by atoms with E-state index in [4.69, 9.17) is 0 Å². The number of halogens is 2. The van der Waals surface area contributed by atoms with Crippen LogP contribution in [0, 0.1) is 9.39 Å². The average molecular weight is 368 g/mol. The Labute approximate surface area is 128 Å². The normalized spacial score (nSPS) is 10.7. The lowest BCUT2D eigenvalue weighted by molar-refractivity contribution is 0.621. The topological polar surface area (TPSA) is 0 Å². The van der Waals surface area contributed by atoms with Crippen LogP contribution < -0.4 is 0 Å². The Morgan fingerprint density at radius 2 is 1.63 bits per heavy atom. The first-order valence-corrected chi connectivity index (χ1v) is 7.83. The molecule has 0 heterocycles. The molecule has 0 saturated heterocycles. The quantitative estimate of drug-likeness (QED) is 0.460. The Morgan fingerprint density at radius 1 is 0.947 bits per heavy atom. The summed E-state index contributed by atoms with van der Waals surface area (Å²) in [4.78, 5) is 0. The molecule has 0 unspecified atom stereocenters. The van der Waals surface area contributed by atoms with E-state index in [1.165, 1.54) is 24.8 Å². The summed E-state index contributed by atoms with van der Waals surface area (Å²) in [7, 11) is 0. The van der Waals surface area contributed by atoms with Crippen LogP contribution in [-0.2, 0) is 6.42 Å². The number of benzene rings is 2. The molecule has 0 nitrogen and oxygen atoms in total. The molecule has 0 aliphatic carbocycles. The SMILES string of the molecule is CCCCCc1ccc(-c2ccc(I)c(F)c2)cc1. The number of aryl methyl sites for hydroxylation is 1. The highest BCUT2D eigenvalue weighted by molar-refractivity contribution is 14.1. The third-order valence-electron chi connectivity index (χ3n) is 3.28. The van der Waals surface area contributed by atoms with Gasteiger partial charge in [-0.25, -0.2) is 4.39 Å². The Hall–Kier alpha value is -0.900. The number of unbranched alkanes of at least 4 members (excludes halogenated alkanes) is 2. The molecular weight excluding hydrogens is 350 g/mol. The van der Waals surface area contributed by atoms with Crippen LogP contribution in [0.15, 0.2) is 42.5 Å². The fourth-order valence-electron chi connectivity index (χ4n) is 2.12. The van der Waals surface area contributed by atoms with Crippen LogP contribution in [0.3, 0.4) is 0 Å². The van der Waals surface area contributed by atoms with Crippen LogP contribution in [0.5, 0.6) is 0 Å². The minimum absolute atomic E-state index is 0.148. The molecule has 2 aromatic carbocycles. The standard InChI is InChI=1S/C17H18FI/c1-2-3-4-5-13-6-8-14(9-7-13)15-10-11-17(19)16(18)12-15/h6-12H,2-5H2,1H3. The van der Waals surface area contributed by atoms with Crippen LogP contribution in [0.25, 0.3) is 11.1 Å². The van der Waals surface area contributed by atoms with Crippen molar-refractivity contribution >= 4 is 22.6 Å². The van der Waals surface area contributed by atoms with Crippen molar-refractivity contribution in [1.29, 1.82) is 0 Å². The van der Waals surface area contributed by atoms with E-state index in [2.05, 4.69) is 31.2 Å². The highest BCUT2D eigenvalue weighted by atomic mass is 127. The maximum absolute atomic E-state index is 13.5. The van der Waals surface area contributed by atoms with E-state index >= 15 is 0 Å². The molecule has 2 rings (SSSR count). The van der Waals surface area contributed by atoms with Gasteiger partial charge < -0.3 is 0 Å². The lowest BCUT2D eigenvalue weighted by Crippen LogP contribution is -1.87. The summed E-state index contributed by atoms with van der Waals surface area (Å²) in [6.45, 7) is 2.22. The van der Waals surface area contributed by atoms with Crippen molar-refractivity contribution < 1.29 is 4.39 Å². The molecule has 0 radical (unpaired) electrons. The van der Waals surface area contributed by atoms with Gasteiger partial charge >= 0.3 is 0 Å². The molecule has 0 bridgehead atoms. The van der Waals surface area contributed by atoms with Crippen molar-refractivity contribution in [2.75, 3.05) is 0 Å². The summed E-state index contributed by atoms with van der Waals surface area (Å²) < 4.78 is 14.2. The van der Waals surface area contributed by atoms with Gasteiger partial charge in [-0.2, -0.15) is 0 Å². The highest BCUT2D eigenvalue weighted by Crippen LogP contribution is 2.23. The van der Waals surface area contributed by atoms with Crippen LogP contribution >= 0.6 is 22.6 Å². The molecule has 0 aliphatic heterocycles. The van der Waals surface area contributed by atoms with E-state index in [1.54, 1.807) is 6.07 Å². The number of hydrogen-bond donors (Lipinski definition) is 0. The molecule has 0 N–H and O–H groups in total.